The largest absolute Gasteiger partial charge is 0.503 e. The van der Waals surface area contributed by atoms with Crippen molar-refractivity contribution in [2.75, 3.05) is 26.8 Å². The summed E-state index contributed by atoms with van der Waals surface area (Å²) in [6, 6.07) is 2.06. The van der Waals surface area contributed by atoms with Crippen molar-refractivity contribution in [3.63, 3.8) is 0 Å². The van der Waals surface area contributed by atoms with Gasteiger partial charge in [0.2, 0.25) is 5.43 Å². The van der Waals surface area contributed by atoms with Gasteiger partial charge in [-0.05, 0) is 6.07 Å². The highest BCUT2D eigenvalue weighted by Crippen LogP contribution is 2.22. The summed E-state index contributed by atoms with van der Waals surface area (Å²) in [5, 5.41) is 11.9. The maximum atomic E-state index is 14.0. The number of benzene rings is 1. The molecule has 2 heterocycles. The summed E-state index contributed by atoms with van der Waals surface area (Å²) in [6.45, 7) is 0.771. The molecule has 0 saturated carbocycles. The number of pyridine rings is 1. The Hall–Kier alpha value is -2.98. The number of hydrogen-bond acceptors (Lipinski definition) is 5. The standard InChI is InChI=1S/C19H18ClF2N3O5/c1-30-7-6-24-4-5-25-9-11(16(26)17(27)15(25)19(24)29)18(28)23-8-10-2-3-12(21)13(20)14(10)22/h2-3,9,27H,4-8H2,1H3,(H,23,28). The second-order valence-corrected chi connectivity index (χ2v) is 6.94. The quantitative estimate of drug-likeness (QED) is 0.662. The minimum atomic E-state index is -1.03. The van der Waals surface area contributed by atoms with Crippen LogP contribution in [0.1, 0.15) is 26.4 Å². The van der Waals surface area contributed by atoms with E-state index in [0.717, 1.165) is 12.1 Å². The molecule has 1 aliphatic heterocycles. The molecule has 30 heavy (non-hydrogen) atoms. The molecule has 1 aliphatic rings. The number of aromatic nitrogens is 1. The monoisotopic (exact) mass is 441 g/mol. The molecule has 3 rings (SSSR count). The van der Waals surface area contributed by atoms with Gasteiger partial charge in [-0.25, -0.2) is 8.78 Å². The summed E-state index contributed by atoms with van der Waals surface area (Å²) >= 11 is 5.50. The number of hydrogen-bond donors (Lipinski definition) is 2. The van der Waals surface area contributed by atoms with Crippen LogP contribution in [0.2, 0.25) is 5.02 Å². The second kappa shape index (κ2) is 8.80. The third kappa shape index (κ3) is 4.01. The van der Waals surface area contributed by atoms with Gasteiger partial charge in [0.15, 0.2) is 11.4 Å². The average molecular weight is 442 g/mol. The lowest BCUT2D eigenvalue weighted by Crippen LogP contribution is -2.44. The fourth-order valence-corrected chi connectivity index (χ4v) is 3.26. The molecule has 2 aromatic rings. The molecule has 0 radical (unpaired) electrons. The molecule has 0 atom stereocenters. The van der Waals surface area contributed by atoms with Crippen molar-refractivity contribution in [2.24, 2.45) is 0 Å². The zero-order valence-electron chi connectivity index (χ0n) is 15.9. The topological polar surface area (TPSA) is 101 Å². The SMILES string of the molecule is COCCN1CCn2cc(C(=O)NCc3ccc(F)c(Cl)c3F)c(=O)c(O)c2C1=O. The molecular formula is C19H18ClF2N3O5. The van der Waals surface area contributed by atoms with Crippen LogP contribution in [-0.2, 0) is 17.8 Å². The van der Waals surface area contributed by atoms with Crippen molar-refractivity contribution in [1.29, 1.82) is 0 Å². The summed E-state index contributed by atoms with van der Waals surface area (Å²) in [6.07, 6.45) is 1.17. The Kier molecular flexibility index (Phi) is 6.37. The zero-order chi connectivity index (χ0) is 22.0. The fraction of sp³-hybridized carbons (Fsp3) is 0.316. The van der Waals surface area contributed by atoms with Crippen LogP contribution in [-0.4, -0.2) is 53.2 Å². The Morgan fingerprint density at radius 3 is 2.73 bits per heavy atom. The van der Waals surface area contributed by atoms with E-state index in [2.05, 4.69) is 5.32 Å². The Labute approximate surface area is 174 Å². The molecule has 0 fully saturated rings. The van der Waals surface area contributed by atoms with Crippen molar-refractivity contribution < 1.29 is 28.2 Å². The molecule has 11 heteroatoms. The number of halogens is 3. The summed E-state index contributed by atoms with van der Waals surface area (Å²) in [5.41, 5.74) is -1.74. The van der Waals surface area contributed by atoms with Crippen LogP contribution in [0, 0.1) is 11.6 Å². The summed E-state index contributed by atoms with van der Waals surface area (Å²) in [7, 11) is 1.49. The lowest BCUT2D eigenvalue weighted by atomic mass is 10.1. The van der Waals surface area contributed by atoms with Gasteiger partial charge >= 0.3 is 0 Å². The highest BCUT2D eigenvalue weighted by molar-refractivity contribution is 6.30. The first-order valence-electron chi connectivity index (χ1n) is 8.91. The third-order valence-corrected chi connectivity index (χ3v) is 5.07. The van der Waals surface area contributed by atoms with Crippen LogP contribution in [0.5, 0.6) is 5.75 Å². The molecule has 0 spiro atoms. The van der Waals surface area contributed by atoms with E-state index in [0.29, 0.717) is 13.2 Å². The van der Waals surface area contributed by atoms with Gasteiger partial charge in [0.1, 0.15) is 22.2 Å². The predicted octanol–water partition coefficient (Wildman–Crippen LogP) is 1.52. The van der Waals surface area contributed by atoms with E-state index < -0.39 is 45.2 Å². The van der Waals surface area contributed by atoms with Gasteiger partial charge in [0.25, 0.3) is 11.8 Å². The normalized spacial score (nSPS) is 13.3. The van der Waals surface area contributed by atoms with Crippen LogP contribution in [0.4, 0.5) is 8.78 Å². The summed E-state index contributed by atoms with van der Waals surface area (Å²) in [4.78, 5) is 38.9. The van der Waals surface area contributed by atoms with E-state index in [1.54, 1.807) is 0 Å². The fourth-order valence-electron chi connectivity index (χ4n) is 3.08. The van der Waals surface area contributed by atoms with Crippen molar-refractivity contribution >= 4 is 23.4 Å². The van der Waals surface area contributed by atoms with E-state index in [1.165, 1.54) is 22.8 Å². The number of fused-ring (bicyclic) bond motifs is 1. The smallest absolute Gasteiger partial charge is 0.274 e. The average Bonchev–Trinajstić information content (AvgIpc) is 2.73. The van der Waals surface area contributed by atoms with Gasteiger partial charge in [-0.15, -0.1) is 0 Å². The molecular weight excluding hydrogens is 424 g/mol. The molecule has 2 amide bonds. The number of ether oxygens (including phenoxy) is 1. The molecule has 0 unspecified atom stereocenters. The third-order valence-electron chi connectivity index (χ3n) is 4.72. The Morgan fingerprint density at radius 1 is 1.30 bits per heavy atom. The zero-order valence-corrected chi connectivity index (χ0v) is 16.6. The highest BCUT2D eigenvalue weighted by Gasteiger charge is 2.30. The number of nitrogens with one attached hydrogen (secondary N) is 1. The molecule has 0 saturated heterocycles. The van der Waals surface area contributed by atoms with Crippen LogP contribution in [0.15, 0.2) is 23.1 Å². The second-order valence-electron chi connectivity index (χ2n) is 6.56. The number of methoxy groups -OCH3 is 1. The molecule has 1 aromatic carbocycles. The first-order chi connectivity index (χ1) is 14.3. The van der Waals surface area contributed by atoms with E-state index >= 15 is 0 Å². The van der Waals surface area contributed by atoms with Crippen molar-refractivity contribution in [3.8, 4) is 5.75 Å². The van der Waals surface area contributed by atoms with Crippen molar-refractivity contribution in [1.82, 2.24) is 14.8 Å². The maximum Gasteiger partial charge on any atom is 0.274 e. The van der Waals surface area contributed by atoms with E-state index in [4.69, 9.17) is 16.3 Å². The van der Waals surface area contributed by atoms with Gasteiger partial charge in [-0.3, -0.25) is 14.4 Å². The number of carbonyl (C=O) groups excluding carboxylic acids is 2. The summed E-state index contributed by atoms with van der Waals surface area (Å²) in [5.74, 6) is -4.25. The van der Waals surface area contributed by atoms with Crippen molar-refractivity contribution in [3.05, 3.63) is 62.0 Å². The lowest BCUT2D eigenvalue weighted by molar-refractivity contribution is 0.0632. The molecule has 8 nitrogen and oxygen atoms in total. The minimum absolute atomic E-state index is 0.0824. The number of amides is 2. The van der Waals surface area contributed by atoms with Gasteiger partial charge in [0.05, 0.1) is 6.61 Å². The van der Waals surface area contributed by atoms with Gasteiger partial charge in [-0.2, -0.15) is 0 Å². The number of aromatic hydroxyl groups is 1. The minimum Gasteiger partial charge on any atom is -0.503 e. The Morgan fingerprint density at radius 2 is 2.03 bits per heavy atom. The molecule has 160 valence electrons. The first kappa shape index (κ1) is 21.7. The Bertz CT molecular complexity index is 1070. The van der Waals surface area contributed by atoms with Crippen LogP contribution >= 0.6 is 11.6 Å². The Balaban J connectivity index is 1.83. The molecule has 0 aliphatic carbocycles. The molecule has 0 bridgehead atoms. The highest BCUT2D eigenvalue weighted by atomic mass is 35.5. The predicted molar refractivity (Wildman–Crippen MR) is 103 cm³/mol. The summed E-state index contributed by atoms with van der Waals surface area (Å²) < 4.78 is 33.5. The van der Waals surface area contributed by atoms with Crippen LogP contribution in [0.3, 0.4) is 0 Å². The van der Waals surface area contributed by atoms with E-state index in [9.17, 15) is 28.3 Å². The lowest BCUT2D eigenvalue weighted by Gasteiger charge is -2.30. The molecule has 2 N–H and O–H groups in total. The first-order valence-corrected chi connectivity index (χ1v) is 9.29. The maximum absolute atomic E-state index is 14.0. The van der Waals surface area contributed by atoms with Crippen LogP contribution < -0.4 is 10.7 Å². The van der Waals surface area contributed by atoms with Gasteiger partial charge in [-0.1, -0.05) is 17.7 Å². The molecule has 1 aromatic heterocycles. The number of carbonyl (C=O) groups is 2. The van der Waals surface area contributed by atoms with Crippen molar-refractivity contribution in [2.45, 2.75) is 13.1 Å². The number of nitrogens with zero attached hydrogens (tertiary/aromatic N) is 2. The van der Waals surface area contributed by atoms with Gasteiger partial charge < -0.3 is 24.6 Å². The van der Waals surface area contributed by atoms with E-state index in [-0.39, 0.29) is 30.9 Å². The number of rotatable bonds is 6. The van der Waals surface area contributed by atoms with Gasteiger partial charge in [0, 0.05) is 45.0 Å². The van der Waals surface area contributed by atoms with E-state index in [1.807, 2.05) is 0 Å². The van der Waals surface area contributed by atoms with Crippen LogP contribution in [0.25, 0.3) is 0 Å².